The van der Waals surface area contributed by atoms with Gasteiger partial charge in [0.05, 0.1) is 19.7 Å². The van der Waals surface area contributed by atoms with Gasteiger partial charge in [0.25, 0.3) is 0 Å². The van der Waals surface area contributed by atoms with Gasteiger partial charge < -0.3 is 19.5 Å². The number of halogens is 2. The molecule has 5 nitrogen and oxygen atoms in total. The molecule has 0 aliphatic carbocycles. The molecule has 144 valence electrons. The standard InChI is InChI=1S/C19H27FN4O.HI/c1-5-21-19(24(4)14-16-8-7-11-23(16)3)22-13-15-9-10-18(25-6-2)17(20)12-15;/h7-12H,5-6,13-14H2,1-4H3,(H,21,22);1H. The molecule has 0 fully saturated rings. The van der Waals surface area contributed by atoms with Crippen LogP contribution >= 0.6 is 24.0 Å². The van der Waals surface area contributed by atoms with E-state index in [-0.39, 0.29) is 35.5 Å². The predicted octanol–water partition coefficient (Wildman–Crippen LogP) is 3.78. The number of aromatic nitrogens is 1. The van der Waals surface area contributed by atoms with Crippen LogP contribution in [0.3, 0.4) is 0 Å². The van der Waals surface area contributed by atoms with Crippen LogP contribution in [0.2, 0.25) is 0 Å². The van der Waals surface area contributed by atoms with Crippen molar-refractivity contribution in [3.05, 3.63) is 53.6 Å². The number of aryl methyl sites for hydroxylation is 1. The van der Waals surface area contributed by atoms with Crippen molar-refractivity contribution in [2.75, 3.05) is 20.2 Å². The van der Waals surface area contributed by atoms with Gasteiger partial charge in [0, 0.05) is 32.5 Å². The second kappa shape index (κ2) is 11.1. The first kappa shape index (κ1) is 22.3. The van der Waals surface area contributed by atoms with Crippen LogP contribution in [0.15, 0.2) is 41.5 Å². The summed E-state index contributed by atoms with van der Waals surface area (Å²) in [6.07, 6.45) is 2.02. The fourth-order valence-corrected chi connectivity index (χ4v) is 2.53. The van der Waals surface area contributed by atoms with E-state index in [4.69, 9.17) is 4.74 Å². The molecule has 7 heteroatoms. The molecule has 0 aliphatic rings. The van der Waals surface area contributed by atoms with Crippen LogP contribution < -0.4 is 10.1 Å². The molecule has 2 aromatic rings. The van der Waals surface area contributed by atoms with Gasteiger partial charge >= 0.3 is 0 Å². The Hall–Kier alpha value is -1.77. The van der Waals surface area contributed by atoms with E-state index < -0.39 is 0 Å². The number of hydrogen-bond acceptors (Lipinski definition) is 2. The second-order valence-corrected chi connectivity index (χ2v) is 5.83. The highest BCUT2D eigenvalue weighted by Crippen LogP contribution is 2.18. The minimum atomic E-state index is -0.350. The lowest BCUT2D eigenvalue weighted by Crippen LogP contribution is -2.38. The van der Waals surface area contributed by atoms with Gasteiger partial charge in [-0.25, -0.2) is 9.38 Å². The van der Waals surface area contributed by atoms with E-state index in [2.05, 4.69) is 25.8 Å². The highest BCUT2D eigenvalue weighted by molar-refractivity contribution is 14.0. The van der Waals surface area contributed by atoms with Gasteiger partial charge in [0.2, 0.25) is 0 Å². The molecule has 0 amide bonds. The minimum absolute atomic E-state index is 0. The van der Waals surface area contributed by atoms with Crippen LogP contribution in [-0.4, -0.2) is 35.6 Å². The molecular weight excluding hydrogens is 446 g/mol. The third-order valence-corrected chi connectivity index (χ3v) is 3.85. The Bertz CT molecular complexity index is 717. The van der Waals surface area contributed by atoms with Crippen LogP contribution in [0, 0.1) is 5.82 Å². The average Bonchev–Trinajstić information content (AvgIpc) is 2.98. The maximum atomic E-state index is 14.0. The summed E-state index contributed by atoms with van der Waals surface area (Å²) in [5.74, 6) is 0.720. The largest absolute Gasteiger partial charge is 0.491 e. The lowest BCUT2D eigenvalue weighted by Gasteiger charge is -2.22. The van der Waals surface area contributed by atoms with Crippen molar-refractivity contribution in [2.45, 2.75) is 26.9 Å². The summed E-state index contributed by atoms with van der Waals surface area (Å²) in [5, 5.41) is 3.28. The molecule has 1 N–H and O–H groups in total. The number of nitrogens with one attached hydrogen (secondary N) is 1. The Morgan fingerprint density at radius 1 is 1.31 bits per heavy atom. The van der Waals surface area contributed by atoms with Gasteiger partial charge in [-0.2, -0.15) is 0 Å². The molecule has 0 radical (unpaired) electrons. The molecule has 26 heavy (non-hydrogen) atoms. The summed E-state index contributed by atoms with van der Waals surface area (Å²) in [7, 11) is 4.02. The van der Waals surface area contributed by atoms with Crippen molar-refractivity contribution in [1.82, 2.24) is 14.8 Å². The third kappa shape index (κ3) is 6.19. The van der Waals surface area contributed by atoms with E-state index in [0.717, 1.165) is 24.6 Å². The SMILES string of the molecule is CCNC(=NCc1ccc(OCC)c(F)c1)N(C)Cc1cccn1C.I. The van der Waals surface area contributed by atoms with E-state index in [1.807, 2.05) is 46.3 Å². The van der Waals surface area contributed by atoms with Gasteiger partial charge in [-0.1, -0.05) is 6.07 Å². The van der Waals surface area contributed by atoms with Crippen molar-refractivity contribution in [2.24, 2.45) is 12.0 Å². The van der Waals surface area contributed by atoms with Gasteiger partial charge in [0.1, 0.15) is 0 Å². The number of nitrogens with zero attached hydrogens (tertiary/aromatic N) is 3. The minimum Gasteiger partial charge on any atom is -0.491 e. The number of guanidine groups is 1. The number of benzene rings is 1. The Morgan fingerprint density at radius 2 is 2.08 bits per heavy atom. The van der Waals surface area contributed by atoms with Crippen molar-refractivity contribution in [3.8, 4) is 5.75 Å². The summed E-state index contributed by atoms with van der Waals surface area (Å²) in [4.78, 5) is 6.68. The molecule has 0 spiro atoms. The summed E-state index contributed by atoms with van der Waals surface area (Å²) in [6.45, 7) is 6.23. The van der Waals surface area contributed by atoms with Gasteiger partial charge in [-0.05, 0) is 43.7 Å². The molecule has 0 bridgehead atoms. The van der Waals surface area contributed by atoms with Crippen LogP contribution in [0.1, 0.15) is 25.1 Å². The average molecular weight is 474 g/mol. The van der Waals surface area contributed by atoms with Crippen molar-refractivity contribution < 1.29 is 9.13 Å². The smallest absolute Gasteiger partial charge is 0.194 e. The monoisotopic (exact) mass is 474 g/mol. The van der Waals surface area contributed by atoms with E-state index in [1.165, 1.54) is 11.8 Å². The first-order chi connectivity index (χ1) is 12.0. The first-order valence-corrected chi connectivity index (χ1v) is 8.56. The van der Waals surface area contributed by atoms with E-state index in [1.54, 1.807) is 6.07 Å². The van der Waals surface area contributed by atoms with Crippen LogP contribution in [0.25, 0.3) is 0 Å². The van der Waals surface area contributed by atoms with Gasteiger partial charge in [-0.15, -0.1) is 24.0 Å². The topological polar surface area (TPSA) is 41.8 Å². The first-order valence-electron chi connectivity index (χ1n) is 8.56. The van der Waals surface area contributed by atoms with Crippen LogP contribution in [0.4, 0.5) is 4.39 Å². The molecule has 0 atom stereocenters. The molecule has 0 saturated heterocycles. The summed E-state index contributed by atoms with van der Waals surface area (Å²) >= 11 is 0. The third-order valence-electron chi connectivity index (χ3n) is 3.85. The fraction of sp³-hybridized carbons (Fsp3) is 0.421. The Morgan fingerprint density at radius 3 is 2.65 bits per heavy atom. The highest BCUT2D eigenvalue weighted by atomic mass is 127. The van der Waals surface area contributed by atoms with E-state index in [0.29, 0.717) is 13.2 Å². The van der Waals surface area contributed by atoms with E-state index >= 15 is 0 Å². The molecular formula is C19H28FIN4O. The van der Waals surface area contributed by atoms with Crippen molar-refractivity contribution in [1.29, 1.82) is 0 Å². The maximum absolute atomic E-state index is 14.0. The van der Waals surface area contributed by atoms with Gasteiger partial charge in [-0.3, -0.25) is 0 Å². The molecule has 1 aromatic carbocycles. The zero-order valence-corrected chi connectivity index (χ0v) is 18.2. The lowest BCUT2D eigenvalue weighted by molar-refractivity contribution is 0.321. The number of ether oxygens (including phenoxy) is 1. The van der Waals surface area contributed by atoms with Crippen LogP contribution in [0.5, 0.6) is 5.75 Å². The molecule has 0 unspecified atom stereocenters. The number of rotatable bonds is 7. The van der Waals surface area contributed by atoms with Crippen LogP contribution in [-0.2, 0) is 20.1 Å². The molecule has 1 heterocycles. The number of hydrogen-bond donors (Lipinski definition) is 1. The predicted molar refractivity (Wildman–Crippen MR) is 115 cm³/mol. The lowest BCUT2D eigenvalue weighted by atomic mass is 10.2. The zero-order chi connectivity index (χ0) is 18.2. The quantitative estimate of drug-likeness (QED) is 0.378. The fourth-order valence-electron chi connectivity index (χ4n) is 2.53. The summed E-state index contributed by atoms with van der Waals surface area (Å²) < 4.78 is 21.3. The molecule has 0 saturated carbocycles. The van der Waals surface area contributed by atoms with Crippen molar-refractivity contribution in [3.63, 3.8) is 0 Å². The van der Waals surface area contributed by atoms with Gasteiger partial charge in [0.15, 0.2) is 17.5 Å². The summed E-state index contributed by atoms with van der Waals surface area (Å²) in [5.41, 5.74) is 2.00. The van der Waals surface area contributed by atoms with E-state index in [9.17, 15) is 4.39 Å². The zero-order valence-electron chi connectivity index (χ0n) is 15.8. The Labute approximate surface area is 172 Å². The van der Waals surface area contributed by atoms with Crippen molar-refractivity contribution >= 4 is 29.9 Å². The second-order valence-electron chi connectivity index (χ2n) is 5.83. The highest BCUT2D eigenvalue weighted by Gasteiger charge is 2.09. The normalized spacial score (nSPS) is 11.0. The Balaban J connectivity index is 0.00000338. The maximum Gasteiger partial charge on any atom is 0.194 e. The summed E-state index contributed by atoms with van der Waals surface area (Å²) in [6, 6.07) is 9.09. The molecule has 1 aromatic heterocycles. The molecule has 2 rings (SSSR count). The Kier molecular flexibility index (Phi) is 9.47. The molecule has 0 aliphatic heterocycles. The number of aliphatic imine (C=N–C) groups is 1.